The molecule has 6 aromatic carbocycles. The number of rotatable bonds is 6. The second-order valence-corrected chi connectivity index (χ2v) is 14.0. The van der Waals surface area contributed by atoms with E-state index in [0.29, 0.717) is 0 Å². The summed E-state index contributed by atoms with van der Waals surface area (Å²) in [5, 5.41) is 15.5. The van der Waals surface area contributed by atoms with Gasteiger partial charge in [0.05, 0.1) is 15.8 Å². The van der Waals surface area contributed by atoms with E-state index in [-0.39, 0.29) is 24.4 Å². The molecule has 6 rings (SSSR count). The summed E-state index contributed by atoms with van der Waals surface area (Å²) in [6, 6.07) is 65.0. The van der Waals surface area contributed by atoms with E-state index in [9.17, 15) is 0 Å². The van der Waals surface area contributed by atoms with Gasteiger partial charge in [-0.3, -0.25) is 0 Å². The molecule has 1 N–H and O–H groups in total. The summed E-state index contributed by atoms with van der Waals surface area (Å²) in [6.07, 6.45) is 0. The molecule has 0 atom stereocenters. The van der Waals surface area contributed by atoms with E-state index < -0.39 is 15.8 Å². The molecule has 0 saturated heterocycles. The molecule has 0 amide bonds. The molecule has 2 nitrogen and oxygen atoms in total. The predicted molar refractivity (Wildman–Crippen MR) is 182 cm³/mol. The molecule has 0 aromatic heterocycles. The van der Waals surface area contributed by atoms with Crippen LogP contribution in [0.4, 0.5) is 0 Å². The molecule has 211 valence electrons. The van der Waals surface area contributed by atoms with Crippen LogP contribution in [-0.4, -0.2) is 12.4 Å². The molecule has 0 spiro atoms. The van der Waals surface area contributed by atoms with Crippen LogP contribution >= 0.6 is 15.8 Å². The summed E-state index contributed by atoms with van der Waals surface area (Å²) in [4.78, 5) is 0. The Labute approximate surface area is 262 Å². The number of hydrogen-bond acceptors (Lipinski definition) is 1. The molecule has 0 unspecified atom stereocenters. The molecule has 0 heterocycles. The fraction of sp³-hybridized carbons (Fsp3) is 0. The van der Waals surface area contributed by atoms with E-state index in [4.69, 9.17) is 9.73 Å². The normalized spacial score (nSPS) is 9.76. The Morgan fingerprint density at radius 3 is 0.571 bits per heavy atom. The third-order valence-corrected chi connectivity index (χ3v) is 11.8. The molecule has 0 aliphatic heterocycles. The van der Waals surface area contributed by atoms with Gasteiger partial charge in [0.25, 0.3) is 0 Å². The van der Waals surface area contributed by atoms with Crippen molar-refractivity contribution in [2.75, 3.05) is 0 Å². The van der Waals surface area contributed by atoms with Crippen LogP contribution in [0.1, 0.15) is 0 Å². The first-order chi connectivity index (χ1) is 20.3. The van der Waals surface area contributed by atoms with Gasteiger partial charge in [0.15, 0.2) is 0 Å². The molecular weight excluding hydrogens is 601 g/mol. The van der Waals surface area contributed by atoms with Gasteiger partial charge < -0.3 is 0 Å². The summed E-state index contributed by atoms with van der Waals surface area (Å²) >= 11 is 0. The Morgan fingerprint density at radius 2 is 0.452 bits per heavy atom. The molecule has 0 saturated carbocycles. The van der Waals surface area contributed by atoms with Crippen LogP contribution in [0.2, 0.25) is 0 Å². The molecule has 42 heavy (non-hydrogen) atoms. The summed E-state index contributed by atoms with van der Waals surface area (Å²) in [5.74, 6) is 0. The van der Waals surface area contributed by atoms with E-state index in [2.05, 4.69) is 182 Å². The number of hydrogen-bond donors (Lipinski definition) is 1. The first kappa shape index (κ1) is 32.9. The van der Waals surface area contributed by atoms with Crippen LogP contribution in [0.5, 0.6) is 0 Å². The average Bonchev–Trinajstić information content (AvgIpc) is 3.05. The van der Waals surface area contributed by atoms with Gasteiger partial charge in [-0.2, -0.15) is 0 Å². The molecular formula is C36H33BCuO2P2+2. The molecule has 1 radical (unpaired) electrons. The summed E-state index contributed by atoms with van der Waals surface area (Å²) in [7, 11) is -2.00. The van der Waals surface area contributed by atoms with E-state index in [1.54, 1.807) is 0 Å². The van der Waals surface area contributed by atoms with Crippen molar-refractivity contribution in [1.29, 1.82) is 0 Å². The van der Waals surface area contributed by atoms with Crippen molar-refractivity contribution >= 4 is 55.0 Å². The molecule has 0 fully saturated rings. The van der Waals surface area contributed by atoms with E-state index in [0.717, 1.165) is 0 Å². The average molecular weight is 634 g/mol. The molecule has 6 heteroatoms. The maximum absolute atomic E-state index is 8.36. The van der Waals surface area contributed by atoms with Gasteiger partial charge in [0.2, 0.25) is 0 Å². The van der Waals surface area contributed by atoms with Crippen molar-refractivity contribution < 1.29 is 26.8 Å². The van der Waals surface area contributed by atoms with Gasteiger partial charge in [-0.1, -0.05) is 109 Å². The monoisotopic (exact) mass is 633 g/mol. The molecule has 0 aliphatic carbocycles. The maximum Gasteiger partial charge on any atom is 0.102 e. The van der Waals surface area contributed by atoms with Crippen molar-refractivity contribution in [2.24, 2.45) is 0 Å². The van der Waals surface area contributed by atoms with Crippen LogP contribution in [0.15, 0.2) is 182 Å². The van der Waals surface area contributed by atoms with Crippen molar-refractivity contribution in [3.63, 3.8) is 0 Å². The van der Waals surface area contributed by atoms with Crippen molar-refractivity contribution in [1.82, 2.24) is 0 Å². The zero-order chi connectivity index (χ0) is 28.5. The standard InChI is InChI=1S/2C18H15P.BHO2.Cu/c2*1-4-10-16(11-5-1)19(17-12-6-2-7-13-17)18-14-8-3-9-15-18;2-1-3;/h2*1-15H;2H;/p+2. The van der Waals surface area contributed by atoms with Crippen LogP contribution in [0.25, 0.3) is 0 Å². The minimum atomic E-state index is -0.877. The van der Waals surface area contributed by atoms with Gasteiger partial charge in [0, 0.05) is 17.1 Å². The molecule has 0 bridgehead atoms. The Hall–Kier alpha value is -3.64. The Kier molecular flexibility index (Phi) is 14.7. The minimum absolute atomic E-state index is 0. The van der Waals surface area contributed by atoms with Gasteiger partial charge in [0.1, 0.15) is 31.8 Å². The zero-order valence-corrected chi connectivity index (χ0v) is 26.0. The van der Waals surface area contributed by atoms with Gasteiger partial charge in [-0.15, -0.1) is 0 Å². The second-order valence-electron chi connectivity index (χ2n) is 9.05. The fourth-order valence-corrected chi connectivity index (χ4v) is 9.78. The van der Waals surface area contributed by atoms with Gasteiger partial charge in [-0.05, 0) is 72.8 Å². The SMILES string of the molecule is O=BO.[Cu].c1ccc([PH+](c2ccccc2)c2ccccc2)cc1.c1ccc([PH+](c2ccccc2)c2ccccc2)cc1. The maximum atomic E-state index is 8.36. The largest absolute Gasteiger partial charge is 0.102 e. The van der Waals surface area contributed by atoms with Crippen molar-refractivity contribution in [3.05, 3.63) is 182 Å². The van der Waals surface area contributed by atoms with Crippen LogP contribution < -0.4 is 31.8 Å². The minimum Gasteiger partial charge on any atom is -0.0620 e. The number of benzene rings is 6. The first-order valence-electron chi connectivity index (χ1n) is 13.5. The third-order valence-electron chi connectivity index (χ3n) is 6.37. The quantitative estimate of drug-likeness (QED) is 0.200. The van der Waals surface area contributed by atoms with Gasteiger partial charge in [-0.25, -0.2) is 0 Å². The van der Waals surface area contributed by atoms with E-state index in [1.165, 1.54) is 31.8 Å². The van der Waals surface area contributed by atoms with Gasteiger partial charge >= 0.3 is 17.1 Å². The predicted octanol–water partition coefficient (Wildman–Crippen LogP) is 5.30. The second kappa shape index (κ2) is 18.7. The first-order valence-corrected chi connectivity index (χ1v) is 16.5. The van der Waals surface area contributed by atoms with E-state index >= 15 is 0 Å². The van der Waals surface area contributed by atoms with Crippen molar-refractivity contribution in [3.8, 4) is 0 Å². The van der Waals surface area contributed by atoms with E-state index in [1.807, 2.05) is 0 Å². The zero-order valence-electron chi connectivity index (χ0n) is 23.1. The molecule has 6 aromatic rings. The smallest absolute Gasteiger partial charge is 0.0620 e. The van der Waals surface area contributed by atoms with Crippen LogP contribution in [-0.2, 0) is 21.8 Å². The van der Waals surface area contributed by atoms with Crippen LogP contribution in [0.3, 0.4) is 0 Å². The molecule has 0 aliphatic rings. The van der Waals surface area contributed by atoms with Crippen LogP contribution in [0, 0.1) is 0 Å². The third kappa shape index (κ3) is 9.73. The Bertz CT molecular complexity index is 1240. The van der Waals surface area contributed by atoms with Crippen molar-refractivity contribution in [2.45, 2.75) is 0 Å². The topological polar surface area (TPSA) is 37.3 Å². The summed E-state index contributed by atoms with van der Waals surface area (Å²) < 4.78 is 8.36. The Balaban J connectivity index is 0.000000207. The summed E-state index contributed by atoms with van der Waals surface area (Å²) in [5.41, 5.74) is 0. The fourth-order valence-electron chi connectivity index (χ4n) is 4.63. The Morgan fingerprint density at radius 1 is 0.333 bits per heavy atom. The summed E-state index contributed by atoms with van der Waals surface area (Å²) in [6.45, 7) is 0.